The van der Waals surface area contributed by atoms with Crippen LogP contribution in [0.25, 0.3) is 0 Å². The van der Waals surface area contributed by atoms with E-state index in [9.17, 15) is 20.1 Å². The van der Waals surface area contributed by atoms with Gasteiger partial charge in [0.05, 0.1) is 25.9 Å². The maximum Gasteiger partial charge on any atom is 0.251 e. The fraction of sp³-hybridized carbons (Fsp3) is 0.381. The second-order valence-corrected chi connectivity index (χ2v) is 6.77. The predicted octanol–water partition coefficient (Wildman–Crippen LogP) is 1.39. The second-order valence-electron chi connectivity index (χ2n) is 6.77. The maximum atomic E-state index is 11.8. The molecule has 1 heterocycles. The summed E-state index contributed by atoms with van der Waals surface area (Å²) in [5, 5.41) is 32.4. The van der Waals surface area contributed by atoms with E-state index < -0.39 is 24.4 Å². The maximum absolute atomic E-state index is 11.8. The molecule has 0 saturated carbocycles. The summed E-state index contributed by atoms with van der Waals surface area (Å²) in [6.45, 7) is -0.258. The smallest absolute Gasteiger partial charge is 0.251 e. The molecule has 3 rings (SSSR count). The van der Waals surface area contributed by atoms with Gasteiger partial charge in [-0.3, -0.25) is 4.79 Å². The molecule has 1 aliphatic rings. The predicted molar refractivity (Wildman–Crippen MR) is 104 cm³/mol. The Kier molecular flexibility index (Phi) is 6.71. The van der Waals surface area contributed by atoms with Gasteiger partial charge in [0.2, 0.25) is 0 Å². The third-order valence-corrected chi connectivity index (χ3v) is 4.82. The van der Waals surface area contributed by atoms with E-state index in [0.717, 1.165) is 0 Å². The number of nitrogens with one attached hydrogen (secondary N) is 1. The Labute approximate surface area is 168 Å². The number of rotatable bonds is 6. The fourth-order valence-electron chi connectivity index (χ4n) is 3.27. The van der Waals surface area contributed by atoms with Crippen LogP contribution in [0.2, 0.25) is 0 Å². The molecule has 2 aromatic rings. The normalized spacial score (nSPS) is 24.0. The molecule has 1 fully saturated rings. The monoisotopic (exact) mass is 403 g/mol. The minimum Gasteiger partial charge on any atom is -0.493 e. The molecule has 4 N–H and O–H groups in total. The molecule has 0 radical (unpaired) electrons. The van der Waals surface area contributed by atoms with Crippen molar-refractivity contribution in [1.82, 2.24) is 5.32 Å². The van der Waals surface area contributed by atoms with E-state index in [-0.39, 0.29) is 18.9 Å². The highest BCUT2D eigenvalue weighted by Crippen LogP contribution is 2.38. The van der Waals surface area contributed by atoms with E-state index in [1.807, 2.05) is 0 Å². The van der Waals surface area contributed by atoms with Crippen molar-refractivity contribution >= 4 is 5.91 Å². The first-order chi connectivity index (χ1) is 14.0. The highest BCUT2D eigenvalue weighted by molar-refractivity contribution is 5.94. The lowest BCUT2D eigenvalue weighted by Gasteiger charge is -2.37. The van der Waals surface area contributed by atoms with Crippen LogP contribution >= 0.6 is 0 Å². The number of carbonyl (C=O) groups is 1. The first kappa shape index (κ1) is 21.1. The largest absolute Gasteiger partial charge is 0.493 e. The van der Waals surface area contributed by atoms with Crippen LogP contribution in [0.5, 0.6) is 17.2 Å². The van der Waals surface area contributed by atoms with Gasteiger partial charge >= 0.3 is 0 Å². The molecule has 8 heteroatoms. The van der Waals surface area contributed by atoms with Crippen molar-refractivity contribution < 1.29 is 34.3 Å². The van der Waals surface area contributed by atoms with Crippen LogP contribution in [-0.2, 0) is 4.74 Å². The fourth-order valence-corrected chi connectivity index (χ4v) is 3.27. The average molecular weight is 403 g/mol. The van der Waals surface area contributed by atoms with Crippen molar-refractivity contribution in [2.45, 2.75) is 30.8 Å². The summed E-state index contributed by atoms with van der Waals surface area (Å²) >= 11 is 0. The van der Waals surface area contributed by atoms with Gasteiger partial charge in [0, 0.05) is 19.0 Å². The Morgan fingerprint density at radius 2 is 2.00 bits per heavy atom. The standard InChI is InChI=1S/C21H25NO7/c1-22-21(26)13-4-3-5-14(8-13)28-18-9-12(6-7-17(18)27-2)20-19(25)16(24)10-15(11-23)29-20/h3-9,15-16,19-20,23-25H,10-11H2,1-2H3,(H,22,26)/t15?,16?,19?,20-/m1/s1. The summed E-state index contributed by atoms with van der Waals surface area (Å²) in [5.41, 5.74) is 1.01. The Balaban J connectivity index is 1.90. The summed E-state index contributed by atoms with van der Waals surface area (Å²) < 4.78 is 17.0. The Morgan fingerprint density at radius 3 is 2.69 bits per heavy atom. The molecule has 156 valence electrons. The van der Waals surface area contributed by atoms with Crippen molar-refractivity contribution in [2.24, 2.45) is 0 Å². The Bertz CT molecular complexity index is 857. The Hall–Kier alpha value is -2.65. The quantitative estimate of drug-likeness (QED) is 0.576. The lowest BCUT2D eigenvalue weighted by Crippen LogP contribution is -2.44. The number of amides is 1. The zero-order chi connectivity index (χ0) is 21.0. The second kappa shape index (κ2) is 9.23. The average Bonchev–Trinajstić information content (AvgIpc) is 2.75. The lowest BCUT2D eigenvalue weighted by molar-refractivity contribution is -0.179. The van der Waals surface area contributed by atoms with E-state index in [1.165, 1.54) is 7.11 Å². The van der Waals surface area contributed by atoms with Gasteiger partial charge in [-0.1, -0.05) is 12.1 Å². The lowest BCUT2D eigenvalue weighted by atomic mass is 9.93. The van der Waals surface area contributed by atoms with Gasteiger partial charge in [-0.2, -0.15) is 0 Å². The van der Waals surface area contributed by atoms with Gasteiger partial charge < -0.3 is 34.8 Å². The third kappa shape index (κ3) is 4.68. The molecular formula is C21H25NO7. The minimum atomic E-state index is -1.14. The number of hydrogen-bond donors (Lipinski definition) is 4. The minimum absolute atomic E-state index is 0.153. The van der Waals surface area contributed by atoms with Gasteiger partial charge in [0.1, 0.15) is 18.0 Å². The van der Waals surface area contributed by atoms with Crippen LogP contribution in [0.3, 0.4) is 0 Å². The van der Waals surface area contributed by atoms with Crippen LogP contribution in [0.15, 0.2) is 42.5 Å². The first-order valence-electron chi connectivity index (χ1n) is 9.27. The third-order valence-electron chi connectivity index (χ3n) is 4.82. The van der Waals surface area contributed by atoms with Gasteiger partial charge in [-0.05, 0) is 35.9 Å². The van der Waals surface area contributed by atoms with Crippen LogP contribution < -0.4 is 14.8 Å². The molecule has 0 bridgehead atoms. The number of aliphatic hydroxyl groups excluding tert-OH is 3. The van der Waals surface area contributed by atoms with Gasteiger partial charge in [0.15, 0.2) is 11.5 Å². The van der Waals surface area contributed by atoms with Crippen molar-refractivity contribution in [3.05, 3.63) is 53.6 Å². The molecule has 0 aliphatic carbocycles. The van der Waals surface area contributed by atoms with Crippen molar-refractivity contribution in [2.75, 3.05) is 20.8 Å². The number of benzene rings is 2. The molecule has 2 aromatic carbocycles. The van der Waals surface area contributed by atoms with Crippen LogP contribution in [-0.4, -0.2) is 60.3 Å². The van der Waals surface area contributed by atoms with E-state index >= 15 is 0 Å². The zero-order valence-electron chi connectivity index (χ0n) is 16.2. The number of methoxy groups -OCH3 is 1. The van der Waals surface area contributed by atoms with Crippen molar-refractivity contribution in [3.63, 3.8) is 0 Å². The Morgan fingerprint density at radius 1 is 1.21 bits per heavy atom. The first-order valence-corrected chi connectivity index (χ1v) is 9.27. The molecule has 1 saturated heterocycles. The van der Waals surface area contributed by atoms with Crippen LogP contribution in [0.4, 0.5) is 0 Å². The summed E-state index contributed by atoms with van der Waals surface area (Å²) in [6, 6.07) is 11.7. The van der Waals surface area contributed by atoms with Gasteiger partial charge in [-0.25, -0.2) is 0 Å². The van der Waals surface area contributed by atoms with Crippen LogP contribution in [0, 0.1) is 0 Å². The molecule has 29 heavy (non-hydrogen) atoms. The molecule has 0 aromatic heterocycles. The molecule has 3 unspecified atom stereocenters. The van der Waals surface area contributed by atoms with Crippen molar-refractivity contribution in [3.8, 4) is 17.2 Å². The molecule has 1 aliphatic heterocycles. The van der Waals surface area contributed by atoms with Gasteiger partial charge in [0.25, 0.3) is 5.91 Å². The van der Waals surface area contributed by atoms with Crippen LogP contribution in [0.1, 0.15) is 28.4 Å². The highest BCUT2D eigenvalue weighted by atomic mass is 16.5. The van der Waals surface area contributed by atoms with E-state index in [0.29, 0.717) is 28.4 Å². The molecule has 0 spiro atoms. The molecule has 4 atom stereocenters. The van der Waals surface area contributed by atoms with Crippen molar-refractivity contribution in [1.29, 1.82) is 0 Å². The van der Waals surface area contributed by atoms with Gasteiger partial charge in [-0.15, -0.1) is 0 Å². The SMILES string of the molecule is CNC(=O)c1cccc(Oc2cc([C@H]3OC(CO)CC(O)C3O)ccc2OC)c1. The molecular weight excluding hydrogens is 378 g/mol. The number of aliphatic hydroxyl groups is 3. The topological polar surface area (TPSA) is 117 Å². The van der Waals surface area contributed by atoms with E-state index in [2.05, 4.69) is 5.32 Å². The summed E-state index contributed by atoms with van der Waals surface area (Å²) in [6.07, 6.45) is -3.41. The van der Waals surface area contributed by atoms with E-state index in [1.54, 1.807) is 49.5 Å². The summed E-state index contributed by atoms with van der Waals surface area (Å²) in [4.78, 5) is 11.8. The number of hydrogen-bond acceptors (Lipinski definition) is 7. The zero-order valence-corrected chi connectivity index (χ0v) is 16.2. The number of carbonyl (C=O) groups excluding carboxylic acids is 1. The highest BCUT2D eigenvalue weighted by Gasteiger charge is 2.37. The molecule has 1 amide bonds. The molecule has 8 nitrogen and oxygen atoms in total. The summed E-state index contributed by atoms with van der Waals surface area (Å²) in [5.74, 6) is 0.998. The number of ether oxygens (including phenoxy) is 3. The summed E-state index contributed by atoms with van der Waals surface area (Å²) in [7, 11) is 3.05. The van der Waals surface area contributed by atoms with E-state index in [4.69, 9.17) is 14.2 Å².